The van der Waals surface area contributed by atoms with E-state index in [4.69, 9.17) is 4.74 Å². The predicted molar refractivity (Wildman–Crippen MR) is 114 cm³/mol. The fourth-order valence-corrected chi connectivity index (χ4v) is 5.86. The number of carbonyl (C=O) groups is 1. The lowest BCUT2D eigenvalue weighted by Crippen LogP contribution is -2.45. The number of fused-ring (bicyclic) bond motifs is 1. The number of rotatable bonds is 3. The molecule has 1 atom stereocenters. The number of nitrogens with zero attached hydrogens (tertiary/aromatic N) is 1. The van der Waals surface area contributed by atoms with Crippen LogP contribution in [0.2, 0.25) is 0 Å². The van der Waals surface area contributed by atoms with Gasteiger partial charge in [-0.15, -0.1) is 0 Å². The highest BCUT2D eigenvalue weighted by Gasteiger charge is 2.48. The number of Topliss-reactive ketones (excluding diaryl/α,β-unsaturated/α-hetero) is 1. The van der Waals surface area contributed by atoms with Gasteiger partial charge in [0.25, 0.3) is 0 Å². The number of ketones is 1. The summed E-state index contributed by atoms with van der Waals surface area (Å²) >= 11 is 0. The number of ether oxygens (including phenoxy) is 1. The average Bonchev–Trinajstić information content (AvgIpc) is 3.18. The molecule has 3 aromatic carbocycles. The number of hydrogen-bond acceptors (Lipinski definition) is 4. The van der Waals surface area contributed by atoms with E-state index < -0.39 is 15.6 Å². The van der Waals surface area contributed by atoms with Gasteiger partial charge in [-0.05, 0) is 35.4 Å². The maximum Gasteiger partial charge on any atom is 0.243 e. The largest absolute Gasteiger partial charge is 0.485 e. The number of sulfonamides is 1. The zero-order chi connectivity index (χ0) is 20.8. The summed E-state index contributed by atoms with van der Waals surface area (Å²) in [6.07, 6.45) is 0.685. The topological polar surface area (TPSA) is 63.7 Å². The van der Waals surface area contributed by atoms with Crippen molar-refractivity contribution in [2.75, 3.05) is 13.1 Å². The smallest absolute Gasteiger partial charge is 0.243 e. The van der Waals surface area contributed by atoms with Crippen LogP contribution >= 0.6 is 0 Å². The maximum atomic E-state index is 13.4. The van der Waals surface area contributed by atoms with Crippen LogP contribution in [0.1, 0.15) is 23.2 Å². The van der Waals surface area contributed by atoms with Crippen molar-refractivity contribution in [3.05, 3.63) is 84.4 Å². The molecule has 0 bridgehead atoms. The summed E-state index contributed by atoms with van der Waals surface area (Å²) in [5.41, 5.74) is 1.59. The Balaban J connectivity index is 1.43. The molecule has 3 aromatic rings. The van der Waals surface area contributed by atoms with E-state index in [1.165, 1.54) is 4.31 Å². The van der Waals surface area contributed by atoms with Gasteiger partial charge in [-0.1, -0.05) is 54.6 Å². The first-order valence-corrected chi connectivity index (χ1v) is 11.4. The fraction of sp³-hybridized carbons (Fsp3) is 0.208. The van der Waals surface area contributed by atoms with Crippen LogP contribution in [0.4, 0.5) is 0 Å². The highest BCUT2D eigenvalue weighted by atomic mass is 32.2. The molecule has 0 N–H and O–H groups in total. The van der Waals surface area contributed by atoms with Crippen molar-refractivity contribution in [2.24, 2.45) is 0 Å². The van der Waals surface area contributed by atoms with E-state index in [1.807, 2.05) is 48.5 Å². The lowest BCUT2D eigenvalue weighted by molar-refractivity contribution is 0.0498. The second-order valence-corrected chi connectivity index (χ2v) is 9.80. The van der Waals surface area contributed by atoms with Gasteiger partial charge in [0, 0.05) is 13.0 Å². The van der Waals surface area contributed by atoms with Gasteiger partial charge in [-0.25, -0.2) is 8.42 Å². The van der Waals surface area contributed by atoms with Crippen molar-refractivity contribution in [1.82, 2.24) is 4.31 Å². The number of hydrogen-bond donors (Lipinski definition) is 0. The minimum absolute atomic E-state index is 0.00201. The van der Waals surface area contributed by atoms with E-state index in [2.05, 4.69) is 0 Å². The molecular formula is C24H21NO4S. The van der Waals surface area contributed by atoms with Gasteiger partial charge < -0.3 is 4.74 Å². The third kappa shape index (κ3) is 3.22. The van der Waals surface area contributed by atoms with Crippen molar-refractivity contribution in [3.8, 4) is 16.9 Å². The molecule has 0 amide bonds. The molecule has 6 heteroatoms. The van der Waals surface area contributed by atoms with Gasteiger partial charge in [0.05, 0.1) is 23.4 Å². The third-order valence-corrected chi connectivity index (χ3v) is 7.70. The highest BCUT2D eigenvalue weighted by molar-refractivity contribution is 7.89. The highest BCUT2D eigenvalue weighted by Crippen LogP contribution is 2.40. The molecule has 5 nitrogen and oxygen atoms in total. The van der Waals surface area contributed by atoms with Crippen LogP contribution in [0.3, 0.4) is 0 Å². The summed E-state index contributed by atoms with van der Waals surface area (Å²) in [5.74, 6) is 0.543. The molecule has 1 unspecified atom stereocenters. The van der Waals surface area contributed by atoms with Crippen LogP contribution in [0.5, 0.6) is 5.75 Å². The quantitative estimate of drug-likeness (QED) is 0.640. The van der Waals surface area contributed by atoms with Crippen LogP contribution < -0.4 is 4.74 Å². The van der Waals surface area contributed by atoms with Gasteiger partial charge in [0.1, 0.15) is 11.4 Å². The molecular weight excluding hydrogens is 398 g/mol. The van der Waals surface area contributed by atoms with Gasteiger partial charge in [0.2, 0.25) is 10.0 Å². The summed E-state index contributed by atoms with van der Waals surface area (Å²) in [6, 6.07) is 23.8. The van der Waals surface area contributed by atoms with Crippen molar-refractivity contribution in [3.63, 3.8) is 0 Å². The molecule has 0 aliphatic carbocycles. The van der Waals surface area contributed by atoms with E-state index in [0.717, 1.165) is 11.1 Å². The van der Waals surface area contributed by atoms with Gasteiger partial charge in [-0.3, -0.25) is 4.79 Å². The van der Waals surface area contributed by atoms with Crippen LogP contribution in [0, 0.1) is 0 Å². The van der Waals surface area contributed by atoms with Crippen molar-refractivity contribution in [1.29, 1.82) is 0 Å². The Morgan fingerprint density at radius 1 is 0.867 bits per heavy atom. The molecule has 1 fully saturated rings. The SMILES string of the molecule is O=C1CC2(CCN(S(=O)(=O)c3cccc(-c4ccccc4)c3)C2)Oc2ccccc21. The zero-order valence-corrected chi connectivity index (χ0v) is 17.1. The lowest BCUT2D eigenvalue weighted by atomic mass is 9.89. The Hall–Kier alpha value is -2.96. The second kappa shape index (κ2) is 7.07. The third-order valence-electron chi connectivity index (χ3n) is 5.86. The van der Waals surface area contributed by atoms with Crippen molar-refractivity contribution >= 4 is 15.8 Å². The Bertz CT molecular complexity index is 1220. The predicted octanol–water partition coefficient (Wildman–Crippen LogP) is 4.15. The summed E-state index contributed by atoms with van der Waals surface area (Å²) in [7, 11) is -3.70. The first-order chi connectivity index (χ1) is 14.5. The Morgan fingerprint density at radius 3 is 2.43 bits per heavy atom. The molecule has 1 saturated heterocycles. The summed E-state index contributed by atoms with van der Waals surface area (Å²) < 4.78 is 34.3. The Labute approximate surface area is 176 Å². The van der Waals surface area contributed by atoms with E-state index in [9.17, 15) is 13.2 Å². The van der Waals surface area contributed by atoms with E-state index in [0.29, 0.717) is 24.3 Å². The molecule has 0 saturated carbocycles. The molecule has 30 heavy (non-hydrogen) atoms. The van der Waals surface area contributed by atoms with Crippen LogP contribution in [0.25, 0.3) is 11.1 Å². The molecule has 2 aliphatic heterocycles. The Kier molecular flexibility index (Phi) is 4.49. The number of benzene rings is 3. The van der Waals surface area contributed by atoms with Crippen LogP contribution in [-0.4, -0.2) is 37.2 Å². The minimum Gasteiger partial charge on any atom is -0.485 e. The summed E-state index contributed by atoms with van der Waals surface area (Å²) in [5, 5.41) is 0. The first-order valence-electron chi connectivity index (χ1n) is 9.94. The van der Waals surface area contributed by atoms with Gasteiger partial charge in [-0.2, -0.15) is 4.31 Å². The monoisotopic (exact) mass is 419 g/mol. The molecule has 2 aliphatic rings. The van der Waals surface area contributed by atoms with E-state index in [1.54, 1.807) is 30.3 Å². The van der Waals surface area contributed by atoms with Gasteiger partial charge in [0.15, 0.2) is 5.78 Å². The first kappa shape index (κ1) is 19.0. The summed E-state index contributed by atoms with van der Waals surface area (Å²) in [6.45, 7) is 0.498. The van der Waals surface area contributed by atoms with E-state index >= 15 is 0 Å². The number of para-hydroxylation sites is 1. The van der Waals surface area contributed by atoms with Crippen LogP contribution in [0.15, 0.2) is 83.8 Å². The molecule has 5 rings (SSSR count). The molecule has 152 valence electrons. The zero-order valence-electron chi connectivity index (χ0n) is 16.3. The number of carbonyl (C=O) groups excluding carboxylic acids is 1. The second-order valence-electron chi connectivity index (χ2n) is 7.86. The maximum absolute atomic E-state index is 13.4. The van der Waals surface area contributed by atoms with Crippen LogP contribution in [-0.2, 0) is 10.0 Å². The van der Waals surface area contributed by atoms with Crippen molar-refractivity contribution in [2.45, 2.75) is 23.3 Å². The molecule has 0 aromatic heterocycles. The molecule has 2 heterocycles. The normalized spacial score (nSPS) is 21.4. The standard InChI is InChI=1S/C24H21NO4S/c26-22-16-24(29-23-12-5-4-11-21(22)23)13-14-25(17-24)30(27,28)20-10-6-9-19(15-20)18-7-2-1-3-8-18/h1-12,15H,13-14,16-17H2. The lowest BCUT2D eigenvalue weighted by Gasteiger charge is -2.34. The fourth-order valence-electron chi connectivity index (χ4n) is 4.30. The minimum atomic E-state index is -3.70. The Morgan fingerprint density at radius 2 is 1.60 bits per heavy atom. The molecule has 1 spiro atoms. The van der Waals surface area contributed by atoms with Gasteiger partial charge >= 0.3 is 0 Å². The van der Waals surface area contributed by atoms with Crippen molar-refractivity contribution < 1.29 is 17.9 Å². The average molecular weight is 420 g/mol. The van der Waals surface area contributed by atoms with E-state index in [-0.39, 0.29) is 23.6 Å². The summed E-state index contributed by atoms with van der Waals surface area (Å²) in [4.78, 5) is 12.9. The molecule has 0 radical (unpaired) electrons.